The standard InChI is InChI=1S/C15H24N2O5/c1-15(9-22-2,14(20)21)16-13(19)10-7-12(18)17(8-10)11-5-3-4-6-11/h10-11H,3-9H2,1-2H3,(H,16,19)(H,20,21). The molecule has 1 saturated carbocycles. The van der Waals surface area contributed by atoms with E-state index in [2.05, 4.69) is 5.32 Å². The smallest absolute Gasteiger partial charge is 0.331 e. The Morgan fingerprint density at radius 2 is 2.05 bits per heavy atom. The number of methoxy groups -OCH3 is 1. The number of carboxylic acids is 1. The first kappa shape index (κ1) is 16.7. The van der Waals surface area contributed by atoms with Gasteiger partial charge in [-0.25, -0.2) is 4.79 Å². The normalized spacial score (nSPS) is 25.3. The molecule has 2 atom stereocenters. The van der Waals surface area contributed by atoms with Gasteiger partial charge in [-0.2, -0.15) is 0 Å². The van der Waals surface area contributed by atoms with Crippen molar-refractivity contribution in [1.29, 1.82) is 0 Å². The minimum absolute atomic E-state index is 0.00387. The van der Waals surface area contributed by atoms with E-state index in [1.54, 1.807) is 4.90 Å². The summed E-state index contributed by atoms with van der Waals surface area (Å²) in [5.41, 5.74) is -1.48. The molecule has 1 aliphatic carbocycles. The summed E-state index contributed by atoms with van der Waals surface area (Å²) in [6.07, 6.45) is 4.39. The summed E-state index contributed by atoms with van der Waals surface area (Å²) in [6.45, 7) is 1.67. The van der Waals surface area contributed by atoms with Crippen LogP contribution in [-0.4, -0.2) is 59.6 Å². The largest absolute Gasteiger partial charge is 0.479 e. The quantitative estimate of drug-likeness (QED) is 0.739. The number of amides is 2. The third-order valence-electron chi connectivity index (χ3n) is 4.60. The Balaban J connectivity index is 1.98. The molecular formula is C15H24N2O5. The van der Waals surface area contributed by atoms with Crippen molar-refractivity contribution >= 4 is 17.8 Å². The van der Waals surface area contributed by atoms with Crippen molar-refractivity contribution in [2.45, 2.75) is 50.6 Å². The van der Waals surface area contributed by atoms with E-state index in [4.69, 9.17) is 4.74 Å². The number of ether oxygens (including phenoxy) is 1. The third-order valence-corrected chi connectivity index (χ3v) is 4.60. The van der Waals surface area contributed by atoms with Gasteiger partial charge in [-0.1, -0.05) is 12.8 Å². The Labute approximate surface area is 130 Å². The highest BCUT2D eigenvalue weighted by molar-refractivity contribution is 5.92. The van der Waals surface area contributed by atoms with Gasteiger partial charge < -0.3 is 20.1 Å². The van der Waals surface area contributed by atoms with E-state index >= 15 is 0 Å². The molecule has 2 amide bonds. The van der Waals surface area contributed by atoms with Crippen LogP contribution in [0.2, 0.25) is 0 Å². The van der Waals surface area contributed by atoms with Crippen molar-refractivity contribution in [2.24, 2.45) is 5.92 Å². The number of nitrogens with one attached hydrogen (secondary N) is 1. The van der Waals surface area contributed by atoms with Gasteiger partial charge in [0, 0.05) is 26.1 Å². The van der Waals surface area contributed by atoms with Gasteiger partial charge in [0.25, 0.3) is 0 Å². The summed E-state index contributed by atoms with van der Waals surface area (Å²) in [5.74, 6) is -2.03. The minimum atomic E-state index is -1.48. The molecular weight excluding hydrogens is 288 g/mol. The second kappa shape index (κ2) is 6.64. The van der Waals surface area contributed by atoms with Gasteiger partial charge >= 0.3 is 5.97 Å². The van der Waals surface area contributed by atoms with E-state index in [0.29, 0.717) is 6.54 Å². The molecule has 0 aromatic rings. The van der Waals surface area contributed by atoms with Gasteiger partial charge in [0.05, 0.1) is 12.5 Å². The summed E-state index contributed by atoms with van der Waals surface area (Å²) in [6, 6.07) is 0.245. The maximum Gasteiger partial charge on any atom is 0.331 e. The fourth-order valence-corrected chi connectivity index (χ4v) is 3.29. The van der Waals surface area contributed by atoms with Crippen molar-refractivity contribution in [3.05, 3.63) is 0 Å². The molecule has 2 N–H and O–H groups in total. The average molecular weight is 312 g/mol. The van der Waals surface area contributed by atoms with Gasteiger partial charge in [0.2, 0.25) is 11.8 Å². The molecule has 2 rings (SSSR count). The number of carbonyl (C=O) groups excluding carboxylic acids is 2. The van der Waals surface area contributed by atoms with E-state index in [1.165, 1.54) is 14.0 Å². The molecule has 2 unspecified atom stereocenters. The van der Waals surface area contributed by atoms with Crippen LogP contribution in [0.25, 0.3) is 0 Å². The number of aliphatic carboxylic acids is 1. The lowest BCUT2D eigenvalue weighted by atomic mass is 10.0. The molecule has 124 valence electrons. The van der Waals surface area contributed by atoms with Crippen molar-refractivity contribution in [1.82, 2.24) is 10.2 Å². The Morgan fingerprint density at radius 3 is 2.59 bits per heavy atom. The van der Waals surface area contributed by atoms with Crippen molar-refractivity contribution < 1.29 is 24.2 Å². The molecule has 2 fully saturated rings. The molecule has 1 heterocycles. The highest BCUT2D eigenvalue weighted by atomic mass is 16.5. The van der Waals surface area contributed by atoms with Gasteiger partial charge in [0.15, 0.2) is 5.54 Å². The maximum atomic E-state index is 12.3. The summed E-state index contributed by atoms with van der Waals surface area (Å²) < 4.78 is 4.88. The van der Waals surface area contributed by atoms with E-state index in [-0.39, 0.29) is 25.0 Å². The SMILES string of the molecule is COCC(C)(NC(=O)C1CC(=O)N(C2CCCC2)C1)C(=O)O. The fourth-order valence-electron chi connectivity index (χ4n) is 3.29. The van der Waals surface area contributed by atoms with Crippen LogP contribution in [0.3, 0.4) is 0 Å². The topological polar surface area (TPSA) is 95.9 Å². The summed E-state index contributed by atoms with van der Waals surface area (Å²) >= 11 is 0. The van der Waals surface area contributed by atoms with E-state index < -0.39 is 23.3 Å². The van der Waals surface area contributed by atoms with Crippen LogP contribution >= 0.6 is 0 Å². The van der Waals surface area contributed by atoms with Gasteiger partial charge in [-0.3, -0.25) is 9.59 Å². The molecule has 0 bridgehead atoms. The summed E-state index contributed by atoms with van der Waals surface area (Å²) in [7, 11) is 1.38. The molecule has 1 saturated heterocycles. The van der Waals surface area contributed by atoms with Crippen LogP contribution in [0.15, 0.2) is 0 Å². The number of carboxylic acid groups (broad SMARTS) is 1. The maximum absolute atomic E-state index is 12.3. The van der Waals surface area contributed by atoms with Crippen LogP contribution in [0.1, 0.15) is 39.0 Å². The lowest BCUT2D eigenvalue weighted by Crippen LogP contribution is -2.57. The fraction of sp³-hybridized carbons (Fsp3) is 0.800. The Bertz CT molecular complexity index is 461. The predicted octanol–water partition coefficient (Wildman–Crippen LogP) is 0.383. The monoisotopic (exact) mass is 312 g/mol. The molecule has 0 aromatic carbocycles. The summed E-state index contributed by atoms with van der Waals surface area (Å²) in [5, 5.41) is 11.8. The molecule has 2 aliphatic rings. The number of hydrogen-bond acceptors (Lipinski definition) is 4. The Morgan fingerprint density at radius 1 is 1.41 bits per heavy atom. The first-order valence-electron chi connectivity index (χ1n) is 7.71. The number of hydrogen-bond donors (Lipinski definition) is 2. The summed E-state index contributed by atoms with van der Waals surface area (Å²) in [4.78, 5) is 37.6. The second-order valence-corrected chi connectivity index (χ2v) is 6.44. The van der Waals surface area contributed by atoms with E-state index in [0.717, 1.165) is 25.7 Å². The number of nitrogens with zero attached hydrogens (tertiary/aromatic N) is 1. The van der Waals surface area contributed by atoms with Crippen LogP contribution in [0.5, 0.6) is 0 Å². The second-order valence-electron chi connectivity index (χ2n) is 6.44. The molecule has 7 heteroatoms. The van der Waals surface area contributed by atoms with Crippen molar-refractivity contribution in [3.63, 3.8) is 0 Å². The highest BCUT2D eigenvalue weighted by Crippen LogP contribution is 2.29. The van der Waals surface area contributed by atoms with Crippen LogP contribution in [0, 0.1) is 5.92 Å². The molecule has 22 heavy (non-hydrogen) atoms. The number of likely N-dealkylation sites (tertiary alicyclic amines) is 1. The zero-order chi connectivity index (χ0) is 16.3. The Kier molecular flexibility index (Phi) is 5.05. The number of rotatable bonds is 6. The van der Waals surface area contributed by atoms with Crippen LogP contribution in [-0.2, 0) is 19.1 Å². The van der Waals surface area contributed by atoms with Gasteiger partial charge in [-0.05, 0) is 19.8 Å². The average Bonchev–Trinajstić information content (AvgIpc) is 3.07. The van der Waals surface area contributed by atoms with E-state index in [9.17, 15) is 19.5 Å². The molecule has 0 spiro atoms. The lowest BCUT2D eigenvalue weighted by molar-refractivity contribution is -0.149. The van der Waals surface area contributed by atoms with Crippen molar-refractivity contribution in [2.75, 3.05) is 20.3 Å². The first-order valence-corrected chi connectivity index (χ1v) is 7.71. The van der Waals surface area contributed by atoms with Crippen molar-refractivity contribution in [3.8, 4) is 0 Å². The molecule has 0 radical (unpaired) electrons. The van der Waals surface area contributed by atoms with E-state index in [1.807, 2.05) is 0 Å². The first-order chi connectivity index (χ1) is 10.4. The third kappa shape index (κ3) is 3.40. The van der Waals surface area contributed by atoms with Crippen LogP contribution < -0.4 is 5.32 Å². The lowest BCUT2D eigenvalue weighted by Gasteiger charge is -2.27. The molecule has 0 aromatic heterocycles. The molecule has 1 aliphatic heterocycles. The van der Waals surface area contributed by atoms with Gasteiger partial charge in [-0.15, -0.1) is 0 Å². The van der Waals surface area contributed by atoms with Crippen LogP contribution in [0.4, 0.5) is 0 Å². The Hall–Kier alpha value is -1.63. The molecule has 7 nitrogen and oxygen atoms in total. The zero-order valence-electron chi connectivity index (χ0n) is 13.1. The van der Waals surface area contributed by atoms with Gasteiger partial charge in [0.1, 0.15) is 0 Å². The highest BCUT2D eigenvalue weighted by Gasteiger charge is 2.42. The predicted molar refractivity (Wildman–Crippen MR) is 78.1 cm³/mol. The minimum Gasteiger partial charge on any atom is -0.479 e. The zero-order valence-corrected chi connectivity index (χ0v) is 13.1. The number of carbonyl (C=O) groups is 3.